The summed E-state index contributed by atoms with van der Waals surface area (Å²) < 4.78 is 10.8. The predicted octanol–water partition coefficient (Wildman–Crippen LogP) is 4.71. The van der Waals surface area contributed by atoms with E-state index in [2.05, 4.69) is 34.7 Å². The second-order valence-electron chi connectivity index (χ2n) is 5.38. The van der Waals surface area contributed by atoms with Crippen molar-refractivity contribution < 1.29 is 9.47 Å². The number of nitrogens with zero attached hydrogens (tertiary/aromatic N) is 1. The third-order valence-corrected chi connectivity index (χ3v) is 4.59. The van der Waals surface area contributed by atoms with Gasteiger partial charge in [-0.25, -0.2) is 4.98 Å². The van der Waals surface area contributed by atoms with Crippen LogP contribution >= 0.6 is 11.3 Å². The fraction of sp³-hybridized carbons (Fsp3) is 0.167. The van der Waals surface area contributed by atoms with Crippen molar-refractivity contribution in [1.29, 1.82) is 0 Å². The Balaban J connectivity index is 1.53. The van der Waals surface area contributed by atoms with Crippen molar-refractivity contribution in [2.75, 3.05) is 12.1 Å². The average molecular weight is 324 g/mol. The molecule has 5 heteroatoms. The van der Waals surface area contributed by atoms with E-state index in [1.54, 1.807) is 11.3 Å². The summed E-state index contributed by atoms with van der Waals surface area (Å²) in [4.78, 5) is 4.68. The van der Waals surface area contributed by atoms with Crippen LogP contribution in [0.25, 0.3) is 11.3 Å². The van der Waals surface area contributed by atoms with Crippen LogP contribution in [0.1, 0.15) is 18.5 Å². The van der Waals surface area contributed by atoms with Crippen LogP contribution < -0.4 is 14.8 Å². The van der Waals surface area contributed by atoms with Gasteiger partial charge in [0.25, 0.3) is 0 Å². The Labute approximate surface area is 138 Å². The van der Waals surface area contributed by atoms with Gasteiger partial charge in [0, 0.05) is 10.9 Å². The summed E-state index contributed by atoms with van der Waals surface area (Å²) in [5, 5.41) is 6.42. The van der Waals surface area contributed by atoms with Gasteiger partial charge in [0.1, 0.15) is 0 Å². The highest BCUT2D eigenvalue weighted by Gasteiger charge is 2.15. The SMILES string of the molecule is C[C@@H](Nc1nc(-c2ccc3c(c2)OCO3)cs1)c1ccccc1. The molecule has 116 valence electrons. The Bertz CT molecular complexity index is 817. The quantitative estimate of drug-likeness (QED) is 0.754. The monoisotopic (exact) mass is 324 g/mol. The summed E-state index contributed by atoms with van der Waals surface area (Å²) in [6, 6.07) is 16.5. The van der Waals surface area contributed by atoms with Crippen LogP contribution in [0.2, 0.25) is 0 Å². The molecule has 0 unspecified atom stereocenters. The van der Waals surface area contributed by atoms with Gasteiger partial charge in [-0.15, -0.1) is 11.3 Å². The largest absolute Gasteiger partial charge is 0.454 e. The lowest BCUT2D eigenvalue weighted by molar-refractivity contribution is 0.174. The van der Waals surface area contributed by atoms with Gasteiger partial charge >= 0.3 is 0 Å². The fourth-order valence-corrected chi connectivity index (χ4v) is 3.35. The van der Waals surface area contributed by atoms with Crippen LogP contribution in [-0.2, 0) is 0 Å². The second kappa shape index (κ2) is 5.93. The normalized spacial score (nSPS) is 13.8. The smallest absolute Gasteiger partial charge is 0.231 e. The highest BCUT2D eigenvalue weighted by atomic mass is 32.1. The molecule has 0 amide bonds. The molecular weight excluding hydrogens is 308 g/mol. The minimum Gasteiger partial charge on any atom is -0.454 e. The first kappa shape index (κ1) is 14.1. The van der Waals surface area contributed by atoms with E-state index in [-0.39, 0.29) is 12.8 Å². The number of fused-ring (bicyclic) bond motifs is 1. The molecule has 1 N–H and O–H groups in total. The highest BCUT2D eigenvalue weighted by molar-refractivity contribution is 7.14. The average Bonchev–Trinajstić information content (AvgIpc) is 3.23. The minimum absolute atomic E-state index is 0.215. The molecule has 0 bridgehead atoms. The molecule has 0 fully saturated rings. The molecule has 0 aliphatic carbocycles. The third-order valence-electron chi connectivity index (χ3n) is 3.81. The summed E-state index contributed by atoms with van der Waals surface area (Å²) in [7, 11) is 0. The third kappa shape index (κ3) is 2.87. The summed E-state index contributed by atoms with van der Waals surface area (Å²) in [5.41, 5.74) is 3.22. The topological polar surface area (TPSA) is 43.4 Å². The van der Waals surface area contributed by atoms with Crippen molar-refractivity contribution in [2.45, 2.75) is 13.0 Å². The van der Waals surface area contributed by atoms with Crippen molar-refractivity contribution in [3.8, 4) is 22.8 Å². The number of anilines is 1. The first-order valence-corrected chi connectivity index (χ1v) is 8.34. The molecule has 1 atom stereocenters. The summed E-state index contributed by atoms with van der Waals surface area (Å²) >= 11 is 1.61. The van der Waals surface area contributed by atoms with Crippen molar-refractivity contribution in [3.63, 3.8) is 0 Å². The predicted molar refractivity (Wildman–Crippen MR) is 92.2 cm³/mol. The lowest BCUT2D eigenvalue weighted by Gasteiger charge is -2.12. The Hall–Kier alpha value is -2.53. The Kier molecular flexibility index (Phi) is 3.63. The molecule has 1 aromatic heterocycles. The number of hydrogen-bond acceptors (Lipinski definition) is 5. The van der Waals surface area contributed by atoms with E-state index in [0.29, 0.717) is 0 Å². The van der Waals surface area contributed by atoms with E-state index in [4.69, 9.17) is 9.47 Å². The molecule has 2 aromatic carbocycles. The molecule has 0 spiro atoms. The number of thiazole rings is 1. The number of rotatable bonds is 4. The van der Waals surface area contributed by atoms with Crippen LogP contribution in [0.5, 0.6) is 11.5 Å². The number of hydrogen-bond donors (Lipinski definition) is 1. The van der Waals surface area contributed by atoms with Gasteiger partial charge in [0.2, 0.25) is 6.79 Å². The van der Waals surface area contributed by atoms with E-state index < -0.39 is 0 Å². The Morgan fingerprint density at radius 2 is 1.91 bits per heavy atom. The molecule has 4 rings (SSSR count). The zero-order chi connectivity index (χ0) is 15.6. The van der Waals surface area contributed by atoms with Crippen LogP contribution in [0.3, 0.4) is 0 Å². The maximum Gasteiger partial charge on any atom is 0.231 e. The fourth-order valence-electron chi connectivity index (χ4n) is 2.54. The van der Waals surface area contributed by atoms with Gasteiger partial charge < -0.3 is 14.8 Å². The first-order valence-electron chi connectivity index (χ1n) is 7.46. The van der Waals surface area contributed by atoms with E-state index >= 15 is 0 Å². The van der Waals surface area contributed by atoms with Crippen molar-refractivity contribution in [1.82, 2.24) is 4.98 Å². The molecule has 3 aromatic rings. The molecule has 1 aliphatic heterocycles. The van der Waals surface area contributed by atoms with E-state index in [1.807, 2.05) is 36.4 Å². The molecule has 0 saturated heterocycles. The van der Waals surface area contributed by atoms with Crippen LogP contribution in [-0.4, -0.2) is 11.8 Å². The zero-order valence-corrected chi connectivity index (χ0v) is 13.5. The van der Waals surface area contributed by atoms with E-state index in [0.717, 1.165) is 27.9 Å². The maximum atomic E-state index is 5.43. The lowest BCUT2D eigenvalue weighted by Crippen LogP contribution is -2.05. The lowest BCUT2D eigenvalue weighted by atomic mass is 10.1. The maximum absolute atomic E-state index is 5.43. The summed E-state index contributed by atoms with van der Waals surface area (Å²) in [6.45, 7) is 2.42. The van der Waals surface area contributed by atoms with Gasteiger partial charge in [0.15, 0.2) is 16.6 Å². The van der Waals surface area contributed by atoms with E-state index in [9.17, 15) is 0 Å². The molecule has 0 radical (unpaired) electrons. The number of benzene rings is 2. The standard InChI is InChI=1S/C18H16N2O2S/c1-12(13-5-3-2-4-6-13)19-18-20-15(10-23-18)14-7-8-16-17(9-14)22-11-21-16/h2-10,12H,11H2,1H3,(H,19,20)/t12-/m1/s1. The van der Waals surface area contributed by atoms with Crippen molar-refractivity contribution in [2.24, 2.45) is 0 Å². The molecule has 0 saturated carbocycles. The van der Waals surface area contributed by atoms with Gasteiger partial charge in [0.05, 0.1) is 11.7 Å². The molecule has 1 aliphatic rings. The number of nitrogens with one attached hydrogen (secondary N) is 1. The van der Waals surface area contributed by atoms with Crippen molar-refractivity contribution >= 4 is 16.5 Å². The zero-order valence-electron chi connectivity index (χ0n) is 12.7. The molecular formula is C18H16N2O2S. The van der Waals surface area contributed by atoms with Crippen LogP contribution in [0.4, 0.5) is 5.13 Å². The first-order chi connectivity index (χ1) is 11.3. The van der Waals surface area contributed by atoms with Gasteiger partial charge in [-0.1, -0.05) is 30.3 Å². The van der Waals surface area contributed by atoms with Crippen LogP contribution in [0, 0.1) is 0 Å². The summed E-state index contributed by atoms with van der Waals surface area (Å²) in [6.07, 6.45) is 0. The van der Waals surface area contributed by atoms with E-state index in [1.165, 1.54) is 5.56 Å². The number of aromatic nitrogens is 1. The van der Waals surface area contributed by atoms with Gasteiger partial charge in [-0.05, 0) is 30.7 Å². The van der Waals surface area contributed by atoms with Gasteiger partial charge in [-0.3, -0.25) is 0 Å². The molecule has 23 heavy (non-hydrogen) atoms. The minimum atomic E-state index is 0.215. The Morgan fingerprint density at radius 3 is 2.78 bits per heavy atom. The molecule has 2 heterocycles. The van der Waals surface area contributed by atoms with Crippen molar-refractivity contribution in [3.05, 3.63) is 59.5 Å². The molecule has 4 nitrogen and oxygen atoms in total. The van der Waals surface area contributed by atoms with Gasteiger partial charge in [-0.2, -0.15) is 0 Å². The second-order valence-corrected chi connectivity index (χ2v) is 6.24. The highest BCUT2D eigenvalue weighted by Crippen LogP contribution is 2.36. The number of ether oxygens (including phenoxy) is 2. The summed E-state index contributed by atoms with van der Waals surface area (Å²) in [5.74, 6) is 1.57. The van der Waals surface area contributed by atoms with Crippen LogP contribution in [0.15, 0.2) is 53.9 Å². The Morgan fingerprint density at radius 1 is 1.09 bits per heavy atom.